The minimum atomic E-state index is 0.235. The fraction of sp³-hybridized carbons (Fsp3) is 0.500. The fourth-order valence-electron chi connectivity index (χ4n) is 1.29. The molecule has 15 heavy (non-hydrogen) atoms. The molecule has 0 atom stereocenters. The summed E-state index contributed by atoms with van der Waals surface area (Å²) in [5.74, 6) is 0.933. The van der Waals surface area contributed by atoms with Crippen molar-refractivity contribution >= 4 is 0 Å². The highest BCUT2D eigenvalue weighted by Crippen LogP contribution is 2.13. The van der Waals surface area contributed by atoms with E-state index in [1.807, 2.05) is 33.0 Å². The molecule has 0 aliphatic carbocycles. The molecule has 1 rings (SSSR count). The minimum Gasteiger partial charge on any atom is -0.491 e. The summed E-state index contributed by atoms with van der Waals surface area (Å²) in [7, 11) is 1.92. The minimum absolute atomic E-state index is 0.235. The van der Waals surface area contributed by atoms with Crippen molar-refractivity contribution in [3.05, 3.63) is 29.8 Å². The van der Waals surface area contributed by atoms with E-state index in [1.165, 1.54) is 5.56 Å². The Morgan fingerprint density at radius 2 is 1.87 bits per heavy atom. The lowest BCUT2D eigenvalue weighted by molar-refractivity contribution is 0.242. The Morgan fingerprint density at radius 1 is 1.20 bits per heavy atom. The van der Waals surface area contributed by atoms with Gasteiger partial charge in [-0.2, -0.15) is 0 Å². The zero-order chi connectivity index (χ0) is 11.1. The van der Waals surface area contributed by atoms with Crippen LogP contribution in [0.2, 0.25) is 0 Å². The van der Waals surface area contributed by atoms with Gasteiger partial charge in [-0.1, -0.05) is 12.1 Å². The van der Waals surface area contributed by atoms with Crippen molar-refractivity contribution in [2.24, 2.45) is 0 Å². The Balaban J connectivity index is 2.42. The van der Waals surface area contributed by atoms with Crippen LogP contribution in [-0.2, 0) is 6.54 Å². The van der Waals surface area contributed by atoms with Crippen molar-refractivity contribution in [3.8, 4) is 5.75 Å². The predicted molar refractivity (Wildman–Crippen MR) is 63.0 cm³/mol. The van der Waals surface area contributed by atoms with E-state index < -0.39 is 0 Å². The summed E-state index contributed by atoms with van der Waals surface area (Å²) in [4.78, 5) is 0. The molecule has 0 amide bonds. The number of nitrogens with one attached hydrogen (secondary N) is 2. The number of rotatable bonds is 6. The third-order valence-electron chi connectivity index (χ3n) is 1.93. The molecular weight excluding hydrogens is 188 g/mol. The van der Waals surface area contributed by atoms with Gasteiger partial charge in [0.25, 0.3) is 0 Å². The zero-order valence-corrected chi connectivity index (χ0v) is 9.71. The Bertz CT molecular complexity index is 269. The van der Waals surface area contributed by atoms with E-state index in [1.54, 1.807) is 0 Å². The third-order valence-corrected chi connectivity index (χ3v) is 1.93. The summed E-state index contributed by atoms with van der Waals surface area (Å²) in [6.07, 6.45) is 0.235. The molecule has 0 saturated carbocycles. The van der Waals surface area contributed by atoms with Crippen LogP contribution in [-0.4, -0.2) is 19.8 Å². The maximum absolute atomic E-state index is 5.56. The van der Waals surface area contributed by atoms with Crippen molar-refractivity contribution in [2.75, 3.05) is 13.7 Å². The first-order chi connectivity index (χ1) is 7.22. The SMILES string of the molecule is CNCNCc1ccc(OC(C)C)cc1. The maximum atomic E-state index is 5.56. The van der Waals surface area contributed by atoms with E-state index in [4.69, 9.17) is 4.74 Å². The van der Waals surface area contributed by atoms with Gasteiger partial charge in [0.2, 0.25) is 0 Å². The van der Waals surface area contributed by atoms with E-state index >= 15 is 0 Å². The lowest BCUT2D eigenvalue weighted by Gasteiger charge is -2.10. The lowest BCUT2D eigenvalue weighted by atomic mass is 10.2. The third kappa shape index (κ3) is 4.81. The first-order valence-corrected chi connectivity index (χ1v) is 5.33. The van der Waals surface area contributed by atoms with E-state index in [-0.39, 0.29) is 6.10 Å². The lowest BCUT2D eigenvalue weighted by Crippen LogP contribution is -2.25. The Hall–Kier alpha value is -1.06. The summed E-state index contributed by atoms with van der Waals surface area (Å²) >= 11 is 0. The topological polar surface area (TPSA) is 33.3 Å². The van der Waals surface area contributed by atoms with Crippen molar-refractivity contribution < 1.29 is 4.74 Å². The first kappa shape index (κ1) is 12.0. The second kappa shape index (κ2) is 6.43. The van der Waals surface area contributed by atoms with Crippen molar-refractivity contribution in [1.82, 2.24) is 10.6 Å². The second-order valence-corrected chi connectivity index (χ2v) is 3.77. The highest BCUT2D eigenvalue weighted by atomic mass is 16.5. The molecule has 0 bridgehead atoms. The molecule has 0 aliphatic rings. The van der Waals surface area contributed by atoms with Gasteiger partial charge in [0.05, 0.1) is 6.10 Å². The maximum Gasteiger partial charge on any atom is 0.119 e. The number of ether oxygens (including phenoxy) is 1. The molecule has 0 saturated heterocycles. The molecule has 0 spiro atoms. The van der Waals surface area contributed by atoms with Gasteiger partial charge in [-0.15, -0.1) is 0 Å². The van der Waals surface area contributed by atoms with Crippen LogP contribution in [0.1, 0.15) is 19.4 Å². The standard InChI is InChI=1S/C12H20N2O/c1-10(2)15-12-6-4-11(5-7-12)8-14-9-13-3/h4-7,10,13-14H,8-9H2,1-3H3. The van der Waals surface area contributed by atoms with Gasteiger partial charge in [0.15, 0.2) is 0 Å². The van der Waals surface area contributed by atoms with E-state index in [0.29, 0.717) is 0 Å². The fourth-order valence-corrected chi connectivity index (χ4v) is 1.29. The summed E-state index contributed by atoms with van der Waals surface area (Å²) < 4.78 is 5.56. The molecule has 3 heteroatoms. The van der Waals surface area contributed by atoms with E-state index in [9.17, 15) is 0 Å². The molecule has 0 aliphatic heterocycles. The highest BCUT2D eigenvalue weighted by molar-refractivity contribution is 5.27. The van der Waals surface area contributed by atoms with Gasteiger partial charge >= 0.3 is 0 Å². The zero-order valence-electron chi connectivity index (χ0n) is 9.71. The predicted octanol–water partition coefficient (Wildman–Crippen LogP) is 1.74. The Kier molecular flexibility index (Phi) is 5.15. The van der Waals surface area contributed by atoms with Crippen molar-refractivity contribution in [1.29, 1.82) is 0 Å². The summed E-state index contributed by atoms with van der Waals surface area (Å²) in [6.45, 7) is 5.76. The molecule has 0 heterocycles. The quantitative estimate of drug-likeness (QED) is 0.552. The summed E-state index contributed by atoms with van der Waals surface area (Å²) in [5, 5.41) is 6.30. The Labute approximate surface area is 91.8 Å². The molecule has 0 fully saturated rings. The van der Waals surface area contributed by atoms with Gasteiger partial charge in [0, 0.05) is 13.2 Å². The van der Waals surface area contributed by atoms with Crippen LogP contribution in [0.25, 0.3) is 0 Å². The normalized spacial score (nSPS) is 10.7. The molecule has 1 aromatic carbocycles. The van der Waals surface area contributed by atoms with Crippen LogP contribution in [0.4, 0.5) is 0 Å². The van der Waals surface area contributed by atoms with Crippen LogP contribution >= 0.6 is 0 Å². The molecular formula is C12H20N2O. The molecule has 0 aromatic heterocycles. The molecule has 1 aromatic rings. The molecule has 0 radical (unpaired) electrons. The largest absolute Gasteiger partial charge is 0.491 e. The van der Waals surface area contributed by atoms with E-state index in [0.717, 1.165) is 19.0 Å². The van der Waals surface area contributed by atoms with Gasteiger partial charge in [-0.3, -0.25) is 0 Å². The van der Waals surface area contributed by atoms with Gasteiger partial charge < -0.3 is 15.4 Å². The molecule has 84 valence electrons. The first-order valence-electron chi connectivity index (χ1n) is 5.33. The molecule has 0 unspecified atom stereocenters. The van der Waals surface area contributed by atoms with E-state index in [2.05, 4.69) is 22.8 Å². The number of hydrogen-bond donors (Lipinski definition) is 2. The number of benzene rings is 1. The highest BCUT2D eigenvalue weighted by Gasteiger charge is 1.97. The van der Waals surface area contributed by atoms with Crippen molar-refractivity contribution in [2.45, 2.75) is 26.5 Å². The summed E-state index contributed by atoms with van der Waals surface area (Å²) in [6, 6.07) is 8.19. The van der Waals surface area contributed by atoms with Crippen LogP contribution in [0.3, 0.4) is 0 Å². The average molecular weight is 208 g/mol. The summed E-state index contributed by atoms with van der Waals surface area (Å²) in [5.41, 5.74) is 1.27. The van der Waals surface area contributed by atoms with Crippen LogP contribution in [0, 0.1) is 0 Å². The van der Waals surface area contributed by atoms with Gasteiger partial charge in [-0.05, 0) is 38.6 Å². The Morgan fingerprint density at radius 3 is 2.40 bits per heavy atom. The van der Waals surface area contributed by atoms with Crippen molar-refractivity contribution in [3.63, 3.8) is 0 Å². The van der Waals surface area contributed by atoms with Crippen LogP contribution in [0.15, 0.2) is 24.3 Å². The van der Waals surface area contributed by atoms with Crippen LogP contribution in [0.5, 0.6) is 5.75 Å². The average Bonchev–Trinajstić information content (AvgIpc) is 2.20. The molecule has 2 N–H and O–H groups in total. The number of hydrogen-bond acceptors (Lipinski definition) is 3. The second-order valence-electron chi connectivity index (χ2n) is 3.77. The monoisotopic (exact) mass is 208 g/mol. The van der Waals surface area contributed by atoms with Crippen LogP contribution < -0.4 is 15.4 Å². The van der Waals surface area contributed by atoms with Gasteiger partial charge in [0.1, 0.15) is 5.75 Å². The van der Waals surface area contributed by atoms with Gasteiger partial charge in [-0.25, -0.2) is 0 Å². The smallest absolute Gasteiger partial charge is 0.119 e. The molecule has 3 nitrogen and oxygen atoms in total.